The molecule has 19 heavy (non-hydrogen) atoms. The monoisotopic (exact) mass is 256 g/mol. The molecule has 2 N–H and O–H groups in total. The number of carbonyl (C=O) groups is 1. The molecular formula is C16H20N2O. The highest BCUT2D eigenvalue weighted by Crippen LogP contribution is 2.39. The van der Waals surface area contributed by atoms with Gasteiger partial charge in [0.25, 0.3) is 5.91 Å². The summed E-state index contributed by atoms with van der Waals surface area (Å²) in [5.74, 6) is 0.236. The molecule has 1 aromatic heterocycles. The van der Waals surface area contributed by atoms with E-state index in [1.54, 1.807) is 0 Å². The van der Waals surface area contributed by atoms with Crippen molar-refractivity contribution in [3.63, 3.8) is 0 Å². The van der Waals surface area contributed by atoms with Crippen LogP contribution >= 0.6 is 0 Å². The molecule has 0 fully saturated rings. The Hall–Kier alpha value is -1.77. The molecule has 1 atom stereocenters. The van der Waals surface area contributed by atoms with Gasteiger partial charge in [0.2, 0.25) is 0 Å². The summed E-state index contributed by atoms with van der Waals surface area (Å²) in [6.45, 7) is 5.31. The van der Waals surface area contributed by atoms with Crippen molar-refractivity contribution >= 4 is 16.8 Å². The number of fused-ring (bicyclic) bond motifs is 3. The largest absolute Gasteiger partial charge is 0.366 e. The first-order valence-corrected chi connectivity index (χ1v) is 7.09. The second-order valence-electron chi connectivity index (χ2n) is 5.47. The van der Waals surface area contributed by atoms with Crippen LogP contribution in [0.3, 0.4) is 0 Å². The third kappa shape index (κ3) is 1.68. The van der Waals surface area contributed by atoms with Gasteiger partial charge in [0.05, 0.1) is 11.1 Å². The first-order valence-electron chi connectivity index (χ1n) is 7.09. The van der Waals surface area contributed by atoms with Gasteiger partial charge in [-0.25, -0.2) is 0 Å². The van der Waals surface area contributed by atoms with Crippen LogP contribution < -0.4 is 5.73 Å². The molecule has 0 saturated heterocycles. The number of amides is 1. The number of carbonyl (C=O) groups excluding carboxylic acids is 1. The molecule has 1 aliphatic rings. The number of nitrogens with zero attached hydrogens (tertiary/aromatic N) is 1. The Bertz CT molecular complexity index is 654. The van der Waals surface area contributed by atoms with E-state index in [-0.39, 0.29) is 5.91 Å². The van der Waals surface area contributed by atoms with E-state index in [1.807, 2.05) is 12.1 Å². The van der Waals surface area contributed by atoms with E-state index in [9.17, 15) is 4.79 Å². The molecule has 1 aromatic carbocycles. The molecule has 0 aliphatic heterocycles. The smallest absolute Gasteiger partial charge is 0.250 e. The van der Waals surface area contributed by atoms with E-state index in [0.717, 1.165) is 18.5 Å². The maximum absolute atomic E-state index is 11.7. The zero-order valence-electron chi connectivity index (χ0n) is 11.6. The summed E-state index contributed by atoms with van der Waals surface area (Å²) in [6, 6.07) is 5.92. The van der Waals surface area contributed by atoms with Crippen LogP contribution in [0.15, 0.2) is 18.2 Å². The van der Waals surface area contributed by atoms with Crippen LogP contribution in [0.5, 0.6) is 0 Å². The molecule has 0 spiro atoms. The van der Waals surface area contributed by atoms with Crippen LogP contribution in [0.4, 0.5) is 0 Å². The third-order valence-corrected chi connectivity index (χ3v) is 4.34. The first kappa shape index (κ1) is 12.3. The summed E-state index contributed by atoms with van der Waals surface area (Å²) in [4.78, 5) is 11.7. The predicted octanol–water partition coefficient (Wildman–Crippen LogP) is 3.20. The van der Waals surface area contributed by atoms with Gasteiger partial charge in [-0.15, -0.1) is 0 Å². The average molecular weight is 256 g/mol. The van der Waals surface area contributed by atoms with Crippen molar-refractivity contribution in [1.29, 1.82) is 0 Å². The number of para-hydroxylation sites is 1. The van der Waals surface area contributed by atoms with Crippen LogP contribution in [-0.4, -0.2) is 10.5 Å². The maximum atomic E-state index is 11.7. The van der Waals surface area contributed by atoms with Crippen molar-refractivity contribution in [2.45, 2.75) is 45.6 Å². The molecule has 1 aliphatic carbocycles. The average Bonchev–Trinajstić information content (AvgIpc) is 2.74. The van der Waals surface area contributed by atoms with E-state index in [2.05, 4.69) is 24.5 Å². The summed E-state index contributed by atoms with van der Waals surface area (Å²) in [5.41, 5.74) is 10.1. The summed E-state index contributed by atoms with van der Waals surface area (Å²) in [7, 11) is 0. The van der Waals surface area contributed by atoms with Crippen molar-refractivity contribution in [2.75, 3.05) is 0 Å². The van der Waals surface area contributed by atoms with Crippen LogP contribution in [0.1, 0.15) is 54.2 Å². The Labute approximate surface area is 113 Å². The minimum atomic E-state index is -0.331. The summed E-state index contributed by atoms with van der Waals surface area (Å²) >= 11 is 0. The fourth-order valence-corrected chi connectivity index (χ4v) is 3.57. The molecule has 3 nitrogen and oxygen atoms in total. The number of benzene rings is 1. The van der Waals surface area contributed by atoms with Crippen molar-refractivity contribution in [3.05, 3.63) is 35.0 Å². The number of rotatable bonds is 2. The van der Waals surface area contributed by atoms with Crippen LogP contribution in [0.2, 0.25) is 0 Å². The highest BCUT2D eigenvalue weighted by molar-refractivity contribution is 6.06. The molecular weight excluding hydrogens is 236 g/mol. The quantitative estimate of drug-likeness (QED) is 0.881. The Morgan fingerprint density at radius 2 is 2.26 bits per heavy atom. The van der Waals surface area contributed by atoms with Gasteiger partial charge in [0.1, 0.15) is 0 Å². The molecule has 2 aromatic rings. The fraction of sp³-hybridized carbons (Fsp3) is 0.438. The lowest BCUT2D eigenvalue weighted by Crippen LogP contribution is -2.14. The topological polar surface area (TPSA) is 48.0 Å². The molecule has 0 saturated carbocycles. The number of aryl methyl sites for hydroxylation is 2. The lowest BCUT2D eigenvalue weighted by Gasteiger charge is -2.22. The molecule has 1 heterocycles. The SMILES string of the molecule is CCn1c2c(c3cccc(C(N)=O)c31)CCCC2C. The van der Waals surface area contributed by atoms with Crippen molar-refractivity contribution in [3.8, 4) is 0 Å². The lowest BCUT2D eigenvalue weighted by atomic mass is 9.88. The highest BCUT2D eigenvalue weighted by Gasteiger charge is 2.26. The number of primary amides is 1. The van der Waals surface area contributed by atoms with Crippen LogP contribution in [0, 0.1) is 0 Å². The van der Waals surface area contributed by atoms with Gasteiger partial charge in [-0.2, -0.15) is 0 Å². The molecule has 1 unspecified atom stereocenters. The number of aromatic nitrogens is 1. The summed E-state index contributed by atoms with van der Waals surface area (Å²) in [5, 5.41) is 1.22. The molecule has 0 radical (unpaired) electrons. The van der Waals surface area contributed by atoms with E-state index in [0.29, 0.717) is 11.5 Å². The number of nitrogens with two attached hydrogens (primary N) is 1. The maximum Gasteiger partial charge on any atom is 0.250 e. The van der Waals surface area contributed by atoms with Gasteiger partial charge >= 0.3 is 0 Å². The minimum Gasteiger partial charge on any atom is -0.366 e. The van der Waals surface area contributed by atoms with Crippen LogP contribution in [0.25, 0.3) is 10.9 Å². The van der Waals surface area contributed by atoms with Crippen molar-refractivity contribution < 1.29 is 4.79 Å². The van der Waals surface area contributed by atoms with E-state index >= 15 is 0 Å². The molecule has 100 valence electrons. The van der Waals surface area contributed by atoms with Crippen LogP contribution in [-0.2, 0) is 13.0 Å². The molecule has 3 rings (SSSR count). The zero-order valence-corrected chi connectivity index (χ0v) is 11.6. The van der Waals surface area contributed by atoms with Crippen molar-refractivity contribution in [1.82, 2.24) is 4.57 Å². The number of hydrogen-bond acceptors (Lipinski definition) is 1. The Kier molecular flexibility index (Phi) is 2.85. The van der Waals surface area contributed by atoms with E-state index in [4.69, 9.17) is 5.73 Å². The van der Waals surface area contributed by atoms with Gasteiger partial charge in [-0.05, 0) is 43.7 Å². The zero-order chi connectivity index (χ0) is 13.6. The van der Waals surface area contributed by atoms with Crippen molar-refractivity contribution in [2.24, 2.45) is 5.73 Å². The fourth-order valence-electron chi connectivity index (χ4n) is 3.57. The standard InChI is InChI=1S/C16H20N2O/c1-3-18-14-10(2)6-4-7-11(14)12-8-5-9-13(15(12)18)16(17)19/h5,8-10H,3-4,6-7H2,1-2H3,(H2,17,19). The first-order chi connectivity index (χ1) is 9.15. The highest BCUT2D eigenvalue weighted by atomic mass is 16.1. The number of hydrogen-bond donors (Lipinski definition) is 1. The Morgan fingerprint density at radius 3 is 2.95 bits per heavy atom. The Balaban J connectivity index is 2.43. The van der Waals surface area contributed by atoms with E-state index < -0.39 is 0 Å². The van der Waals surface area contributed by atoms with Gasteiger partial charge < -0.3 is 10.3 Å². The van der Waals surface area contributed by atoms with Gasteiger partial charge in [0.15, 0.2) is 0 Å². The second-order valence-corrected chi connectivity index (χ2v) is 5.47. The normalized spacial score (nSPS) is 18.5. The van der Waals surface area contributed by atoms with Gasteiger partial charge in [-0.1, -0.05) is 19.1 Å². The van der Waals surface area contributed by atoms with Gasteiger partial charge in [0, 0.05) is 17.6 Å². The predicted molar refractivity (Wildman–Crippen MR) is 77.5 cm³/mol. The molecule has 0 bridgehead atoms. The van der Waals surface area contributed by atoms with Gasteiger partial charge in [-0.3, -0.25) is 4.79 Å². The second kappa shape index (κ2) is 4.41. The molecule has 3 heteroatoms. The lowest BCUT2D eigenvalue weighted by molar-refractivity contribution is 0.100. The Morgan fingerprint density at radius 1 is 1.47 bits per heavy atom. The van der Waals surface area contributed by atoms with E-state index in [1.165, 1.54) is 29.5 Å². The third-order valence-electron chi connectivity index (χ3n) is 4.34. The minimum absolute atomic E-state index is 0.331. The molecule has 1 amide bonds. The summed E-state index contributed by atoms with van der Waals surface area (Å²) in [6.07, 6.45) is 3.58. The summed E-state index contributed by atoms with van der Waals surface area (Å²) < 4.78 is 2.30.